The van der Waals surface area contributed by atoms with Crippen molar-refractivity contribution in [1.82, 2.24) is 35.3 Å². The summed E-state index contributed by atoms with van der Waals surface area (Å²) in [7, 11) is 1.66. The maximum Gasteiger partial charge on any atom is 0.226 e. The molecule has 10 nitrogen and oxygen atoms in total. The van der Waals surface area contributed by atoms with Gasteiger partial charge in [0.05, 0.1) is 30.0 Å². The molecule has 204 valence electrons. The molecular weight excluding hydrogens is 512 g/mol. The number of imidazole rings is 1. The molecule has 2 amide bonds. The second kappa shape index (κ2) is 12.8. The van der Waals surface area contributed by atoms with Crippen molar-refractivity contribution in [3.05, 3.63) is 65.9 Å². The van der Waals surface area contributed by atoms with E-state index in [0.29, 0.717) is 12.8 Å². The van der Waals surface area contributed by atoms with Gasteiger partial charge in [-0.15, -0.1) is 0 Å². The van der Waals surface area contributed by atoms with Gasteiger partial charge in [-0.1, -0.05) is 36.7 Å². The van der Waals surface area contributed by atoms with Crippen LogP contribution in [-0.4, -0.2) is 61.8 Å². The number of aliphatic imine (C=N–C) groups is 1. The molecule has 1 aromatic carbocycles. The number of amides is 2. The first-order chi connectivity index (χ1) is 19.1. The molecule has 0 saturated heterocycles. The van der Waals surface area contributed by atoms with Crippen molar-refractivity contribution >= 4 is 28.7 Å². The van der Waals surface area contributed by atoms with Crippen LogP contribution in [0.1, 0.15) is 56.8 Å². The Hall–Kier alpha value is -3.86. The lowest BCUT2D eigenvalue weighted by Gasteiger charge is -2.25. The zero-order valence-electron chi connectivity index (χ0n) is 22.1. The van der Waals surface area contributed by atoms with Gasteiger partial charge in [-0.25, -0.2) is 9.67 Å². The molecule has 0 spiro atoms. The van der Waals surface area contributed by atoms with E-state index < -0.39 is 0 Å². The maximum absolute atomic E-state index is 13.2. The van der Waals surface area contributed by atoms with Gasteiger partial charge < -0.3 is 20.5 Å². The quantitative estimate of drug-likeness (QED) is 0.294. The first kappa shape index (κ1) is 26.7. The number of thioether (sulfide) groups is 1. The molecule has 1 unspecified atom stereocenters. The molecule has 11 heteroatoms. The fraction of sp³-hybridized carbons (Fsp3) is 0.393. The van der Waals surface area contributed by atoms with E-state index in [0.717, 1.165) is 78.8 Å². The number of fused-ring (bicyclic) bond motifs is 1. The van der Waals surface area contributed by atoms with E-state index in [-0.39, 0.29) is 17.9 Å². The number of nitrogens with zero attached hydrogens (tertiary/aromatic N) is 5. The van der Waals surface area contributed by atoms with Gasteiger partial charge in [0.1, 0.15) is 5.82 Å². The zero-order valence-corrected chi connectivity index (χ0v) is 22.9. The number of hydrogen-bond acceptors (Lipinski definition) is 7. The normalized spacial score (nSPS) is 15.4. The minimum atomic E-state index is -0.251. The summed E-state index contributed by atoms with van der Waals surface area (Å²) in [6.07, 6.45) is 10.6. The largest absolute Gasteiger partial charge is 0.359 e. The first-order valence-corrected chi connectivity index (χ1v) is 14.3. The molecule has 1 atom stereocenters. The number of benzene rings is 1. The summed E-state index contributed by atoms with van der Waals surface area (Å²) in [5, 5.41) is 13.2. The van der Waals surface area contributed by atoms with Crippen molar-refractivity contribution in [3.8, 4) is 16.9 Å². The Kier molecular flexibility index (Phi) is 8.77. The predicted octanol–water partition coefficient (Wildman–Crippen LogP) is 4.16. The highest BCUT2D eigenvalue weighted by Gasteiger charge is 2.27. The van der Waals surface area contributed by atoms with Crippen LogP contribution in [-0.2, 0) is 9.59 Å². The number of carbonyl (C=O) groups is 2. The second-order valence-electron chi connectivity index (χ2n) is 9.65. The highest BCUT2D eigenvalue weighted by molar-refractivity contribution is 8.16. The van der Waals surface area contributed by atoms with Gasteiger partial charge in [-0.05, 0) is 48.4 Å². The standard InChI is InChI=1S/C28H34N8O2S/c1-29-25(37)8-4-2-3-7-23(33-26(38)17-22-19-39-28-30-13-5-15-35(22)28)27-31-18-24(34-27)20-9-11-21(12-10-20)36-16-6-14-32-36/h6,9-12,14,16,18-19,23H,2-5,7-8,13,15,17H2,1H3,(H,29,37)(H,31,34)(H,33,38). The number of hydrogen-bond donors (Lipinski definition) is 3. The summed E-state index contributed by atoms with van der Waals surface area (Å²) in [6, 6.07) is 9.73. The van der Waals surface area contributed by atoms with Crippen LogP contribution >= 0.6 is 11.8 Å². The Morgan fingerprint density at radius 1 is 1.15 bits per heavy atom. The van der Waals surface area contributed by atoms with Crippen molar-refractivity contribution in [2.75, 3.05) is 20.1 Å². The molecule has 0 aliphatic carbocycles. The molecule has 3 N–H and O–H groups in total. The third-order valence-electron chi connectivity index (χ3n) is 6.89. The van der Waals surface area contributed by atoms with Crippen LogP contribution in [0.15, 0.2) is 65.0 Å². The van der Waals surface area contributed by atoms with Crippen LogP contribution in [0.5, 0.6) is 0 Å². The number of unbranched alkanes of at least 4 members (excludes halogenated alkanes) is 2. The summed E-state index contributed by atoms with van der Waals surface area (Å²) >= 11 is 1.59. The van der Waals surface area contributed by atoms with Gasteiger partial charge in [0.15, 0.2) is 5.17 Å². The molecule has 2 aliphatic heterocycles. The smallest absolute Gasteiger partial charge is 0.226 e. The molecule has 0 bridgehead atoms. The third-order valence-corrected chi connectivity index (χ3v) is 7.84. The van der Waals surface area contributed by atoms with Crippen molar-refractivity contribution in [2.24, 2.45) is 4.99 Å². The van der Waals surface area contributed by atoms with Gasteiger partial charge in [0.25, 0.3) is 0 Å². The van der Waals surface area contributed by atoms with E-state index in [9.17, 15) is 9.59 Å². The average molecular weight is 547 g/mol. The highest BCUT2D eigenvalue weighted by atomic mass is 32.2. The van der Waals surface area contributed by atoms with E-state index in [1.54, 1.807) is 25.0 Å². The van der Waals surface area contributed by atoms with Crippen molar-refractivity contribution in [3.63, 3.8) is 0 Å². The van der Waals surface area contributed by atoms with Crippen LogP contribution in [0.4, 0.5) is 0 Å². The lowest BCUT2D eigenvalue weighted by Crippen LogP contribution is -2.34. The predicted molar refractivity (Wildman–Crippen MR) is 153 cm³/mol. The van der Waals surface area contributed by atoms with E-state index in [4.69, 9.17) is 0 Å². The van der Waals surface area contributed by atoms with Crippen molar-refractivity contribution in [1.29, 1.82) is 0 Å². The van der Waals surface area contributed by atoms with E-state index >= 15 is 0 Å². The van der Waals surface area contributed by atoms with Gasteiger partial charge in [-0.3, -0.25) is 14.6 Å². The lowest BCUT2D eigenvalue weighted by molar-refractivity contribution is -0.121. The molecule has 0 fully saturated rings. The number of amidine groups is 1. The van der Waals surface area contributed by atoms with Crippen LogP contribution in [0, 0.1) is 0 Å². The molecule has 4 heterocycles. The molecular formula is C28H34N8O2S. The van der Waals surface area contributed by atoms with Crippen LogP contribution in [0.3, 0.4) is 0 Å². The Labute approximate surface area is 232 Å². The SMILES string of the molecule is CNC(=O)CCCCCC(NC(=O)CC1=CSC2=NCCCN12)c1ncc(-c2ccc(-n3cccn3)cc2)[nH]1. The maximum atomic E-state index is 13.2. The molecule has 3 aromatic rings. The van der Waals surface area contributed by atoms with Crippen LogP contribution < -0.4 is 10.6 Å². The van der Waals surface area contributed by atoms with Gasteiger partial charge >= 0.3 is 0 Å². The molecule has 0 saturated carbocycles. The number of carbonyl (C=O) groups excluding carboxylic acids is 2. The Morgan fingerprint density at radius 2 is 2.03 bits per heavy atom. The molecule has 39 heavy (non-hydrogen) atoms. The van der Waals surface area contributed by atoms with E-state index in [1.165, 1.54) is 0 Å². The summed E-state index contributed by atoms with van der Waals surface area (Å²) < 4.78 is 1.81. The Balaban J connectivity index is 1.25. The molecule has 2 aliphatic rings. The summed E-state index contributed by atoms with van der Waals surface area (Å²) in [5.74, 6) is 0.749. The summed E-state index contributed by atoms with van der Waals surface area (Å²) in [5.41, 5.74) is 3.87. The monoisotopic (exact) mass is 546 g/mol. The van der Waals surface area contributed by atoms with E-state index in [2.05, 4.69) is 35.6 Å². The van der Waals surface area contributed by atoms with Gasteiger partial charge in [0, 0.05) is 44.6 Å². The number of rotatable bonds is 12. The average Bonchev–Trinajstić information content (AvgIpc) is 3.74. The lowest BCUT2D eigenvalue weighted by atomic mass is 10.1. The number of aromatic amines is 1. The second-order valence-corrected chi connectivity index (χ2v) is 10.5. The Morgan fingerprint density at radius 3 is 2.82 bits per heavy atom. The van der Waals surface area contributed by atoms with Crippen LogP contribution in [0.2, 0.25) is 0 Å². The minimum Gasteiger partial charge on any atom is -0.359 e. The number of aromatic nitrogens is 4. The van der Waals surface area contributed by atoms with Gasteiger partial charge in [-0.2, -0.15) is 5.10 Å². The van der Waals surface area contributed by atoms with Crippen LogP contribution in [0.25, 0.3) is 16.9 Å². The zero-order chi connectivity index (χ0) is 27.0. The molecule has 2 aromatic heterocycles. The number of H-pyrrole nitrogens is 1. The number of nitrogens with one attached hydrogen (secondary N) is 3. The molecule has 0 radical (unpaired) electrons. The van der Waals surface area contributed by atoms with Gasteiger partial charge in [0.2, 0.25) is 11.8 Å². The topological polar surface area (TPSA) is 120 Å². The highest BCUT2D eigenvalue weighted by Crippen LogP contribution is 2.31. The van der Waals surface area contributed by atoms with E-state index in [1.807, 2.05) is 52.8 Å². The fourth-order valence-electron chi connectivity index (χ4n) is 4.77. The third kappa shape index (κ3) is 6.78. The Bertz CT molecular complexity index is 1330. The van der Waals surface area contributed by atoms with Crippen molar-refractivity contribution in [2.45, 2.75) is 51.0 Å². The van der Waals surface area contributed by atoms with Crippen molar-refractivity contribution < 1.29 is 9.59 Å². The first-order valence-electron chi connectivity index (χ1n) is 13.4. The minimum absolute atomic E-state index is 0.0365. The fourth-order valence-corrected chi connectivity index (χ4v) is 5.73. The summed E-state index contributed by atoms with van der Waals surface area (Å²) in [6.45, 7) is 1.75. The molecule has 5 rings (SSSR count). The summed E-state index contributed by atoms with van der Waals surface area (Å²) in [4.78, 5) is 39.5.